The van der Waals surface area contributed by atoms with Crippen molar-refractivity contribution in [3.63, 3.8) is 0 Å². The van der Waals surface area contributed by atoms with Crippen molar-refractivity contribution in [3.8, 4) is 6.07 Å². The first kappa shape index (κ1) is 24.5. The van der Waals surface area contributed by atoms with Crippen molar-refractivity contribution >= 4 is 38.9 Å². The molecule has 1 amide bonds. The topological polar surface area (TPSA) is 148 Å². The fourth-order valence-corrected chi connectivity index (χ4v) is 5.78. The number of carboxylic acids is 1. The largest absolute Gasteiger partial charge is 0.478 e. The Morgan fingerprint density at radius 3 is 2.55 bits per heavy atom. The second kappa shape index (κ2) is 10.5. The number of aryl methyl sites for hydroxylation is 1. The van der Waals surface area contributed by atoms with E-state index in [1.807, 2.05) is 13.0 Å². The lowest BCUT2D eigenvalue weighted by molar-refractivity contribution is 0.0698. The molecule has 1 aromatic carbocycles. The number of carbonyl (C=O) groups is 2. The van der Waals surface area contributed by atoms with Crippen molar-refractivity contribution in [1.82, 2.24) is 4.31 Å². The second-order valence-corrected chi connectivity index (χ2v) is 9.81. The number of nitriles is 1. The molecule has 3 N–H and O–H groups in total. The van der Waals surface area contributed by atoms with Crippen molar-refractivity contribution in [2.75, 3.05) is 25.0 Å². The van der Waals surface area contributed by atoms with E-state index in [1.165, 1.54) is 22.5 Å². The van der Waals surface area contributed by atoms with Gasteiger partial charge in [0.15, 0.2) is 0 Å². The highest BCUT2D eigenvalue weighted by atomic mass is 32.2. The van der Waals surface area contributed by atoms with Crippen LogP contribution in [0.4, 0.5) is 5.69 Å². The lowest BCUT2D eigenvalue weighted by Crippen LogP contribution is -2.34. The highest BCUT2D eigenvalue weighted by Gasteiger charge is 2.28. The van der Waals surface area contributed by atoms with Gasteiger partial charge in [-0.2, -0.15) is 9.57 Å². The molecular weight excluding hydrogens is 442 g/mol. The van der Waals surface area contributed by atoms with Gasteiger partial charge in [0.1, 0.15) is 0 Å². The number of carbonyl (C=O) groups excluding carboxylic acids is 1. The van der Waals surface area contributed by atoms with Crippen molar-refractivity contribution in [2.45, 2.75) is 31.6 Å². The molecule has 0 saturated heterocycles. The summed E-state index contributed by atoms with van der Waals surface area (Å²) in [5.74, 6) is -1.97. The molecule has 9 nitrogen and oxygen atoms in total. The molecule has 0 spiro atoms. The van der Waals surface area contributed by atoms with Crippen LogP contribution in [0.1, 0.15) is 50.2 Å². The summed E-state index contributed by atoms with van der Waals surface area (Å²) in [6.45, 7) is 3.39. The number of hydrogen-bond donors (Lipinski definition) is 3. The van der Waals surface area contributed by atoms with Crippen LogP contribution in [0.15, 0.2) is 29.2 Å². The van der Waals surface area contributed by atoms with Crippen LogP contribution < -0.4 is 5.32 Å². The normalized spacial score (nSPS) is 11.3. The third-order valence-electron chi connectivity index (χ3n) is 4.45. The molecule has 0 unspecified atom stereocenters. The fourth-order valence-electron chi connectivity index (χ4n) is 2.85. The van der Waals surface area contributed by atoms with E-state index in [0.717, 1.165) is 23.8 Å². The van der Waals surface area contributed by atoms with Crippen LogP contribution in [0.2, 0.25) is 0 Å². The van der Waals surface area contributed by atoms with Crippen LogP contribution in [-0.2, 0) is 10.0 Å². The highest BCUT2D eigenvalue weighted by Crippen LogP contribution is 2.29. The molecule has 0 bridgehead atoms. The lowest BCUT2D eigenvalue weighted by Gasteiger charge is -2.20. The van der Waals surface area contributed by atoms with Gasteiger partial charge in [0.2, 0.25) is 10.0 Å². The zero-order chi connectivity index (χ0) is 23.2. The number of hydrogen-bond acceptors (Lipinski definition) is 7. The Balaban J connectivity index is 2.35. The maximum absolute atomic E-state index is 13.0. The number of aliphatic hydroxyl groups excluding tert-OH is 1. The minimum atomic E-state index is -3.91. The second-order valence-electron chi connectivity index (χ2n) is 6.64. The van der Waals surface area contributed by atoms with Crippen LogP contribution in [0, 0.1) is 18.3 Å². The molecule has 0 aliphatic rings. The third kappa shape index (κ3) is 5.68. The summed E-state index contributed by atoms with van der Waals surface area (Å²) in [4.78, 5) is 24.6. The van der Waals surface area contributed by atoms with Gasteiger partial charge >= 0.3 is 5.97 Å². The fraction of sp³-hybridized carbons (Fsp3) is 0.350. The maximum atomic E-state index is 13.0. The first-order chi connectivity index (χ1) is 14.6. The van der Waals surface area contributed by atoms with E-state index in [1.54, 1.807) is 6.92 Å². The zero-order valence-corrected chi connectivity index (χ0v) is 18.7. The van der Waals surface area contributed by atoms with Crippen LogP contribution in [-0.4, -0.2) is 54.5 Å². The molecule has 1 aromatic heterocycles. The summed E-state index contributed by atoms with van der Waals surface area (Å²) in [5.41, 5.74) is -0.120. The number of nitrogens with zero attached hydrogens (tertiary/aromatic N) is 2. The van der Waals surface area contributed by atoms with Crippen molar-refractivity contribution in [1.29, 1.82) is 5.26 Å². The van der Waals surface area contributed by atoms with Crippen LogP contribution >= 0.6 is 11.3 Å². The number of nitrogens with one attached hydrogen (secondary N) is 1. The molecule has 0 saturated carbocycles. The summed E-state index contributed by atoms with van der Waals surface area (Å²) in [5, 5.41) is 30.0. The average Bonchev–Trinajstić information content (AvgIpc) is 3.13. The number of aromatic carboxylic acids is 1. The molecule has 1 heterocycles. The van der Waals surface area contributed by atoms with E-state index in [4.69, 9.17) is 5.26 Å². The summed E-state index contributed by atoms with van der Waals surface area (Å²) in [7, 11) is -3.91. The Bertz CT molecular complexity index is 1120. The molecule has 2 rings (SSSR count). The Labute approximate surface area is 184 Å². The van der Waals surface area contributed by atoms with E-state index in [0.29, 0.717) is 11.3 Å². The minimum Gasteiger partial charge on any atom is -0.478 e. The van der Waals surface area contributed by atoms with Gasteiger partial charge in [0.05, 0.1) is 39.3 Å². The van der Waals surface area contributed by atoms with Gasteiger partial charge in [-0.15, -0.1) is 11.3 Å². The van der Waals surface area contributed by atoms with E-state index in [2.05, 4.69) is 5.32 Å². The molecular formula is C20H23N3O6S2. The number of unbranched alkanes of at least 4 members (excludes halogenated alkanes) is 1. The molecule has 2 aromatic rings. The van der Waals surface area contributed by atoms with Crippen molar-refractivity contribution < 1.29 is 28.2 Å². The van der Waals surface area contributed by atoms with Gasteiger partial charge in [0.25, 0.3) is 5.91 Å². The number of benzene rings is 1. The van der Waals surface area contributed by atoms with Gasteiger partial charge < -0.3 is 15.5 Å². The summed E-state index contributed by atoms with van der Waals surface area (Å²) >= 11 is 0.970. The van der Waals surface area contributed by atoms with Crippen molar-refractivity contribution in [2.24, 2.45) is 0 Å². The molecule has 11 heteroatoms. The van der Waals surface area contributed by atoms with Gasteiger partial charge in [-0.1, -0.05) is 13.3 Å². The highest BCUT2D eigenvalue weighted by molar-refractivity contribution is 7.89. The smallest absolute Gasteiger partial charge is 0.337 e. The summed E-state index contributed by atoms with van der Waals surface area (Å²) in [6.07, 6.45) is 1.41. The molecule has 0 atom stereocenters. The summed E-state index contributed by atoms with van der Waals surface area (Å²) < 4.78 is 27.3. The lowest BCUT2D eigenvalue weighted by atomic mass is 10.1. The van der Waals surface area contributed by atoms with Gasteiger partial charge in [-0.25, -0.2) is 13.2 Å². The predicted octanol–water partition coefficient (Wildman–Crippen LogP) is 2.66. The first-order valence-electron chi connectivity index (χ1n) is 9.45. The van der Waals surface area contributed by atoms with Crippen LogP contribution in [0.5, 0.6) is 0 Å². The molecule has 0 radical (unpaired) electrons. The van der Waals surface area contributed by atoms with E-state index in [9.17, 15) is 28.2 Å². The third-order valence-corrected chi connectivity index (χ3v) is 7.65. The molecule has 166 valence electrons. The van der Waals surface area contributed by atoms with Crippen LogP contribution in [0.25, 0.3) is 0 Å². The first-order valence-corrected chi connectivity index (χ1v) is 11.7. The molecule has 0 fully saturated rings. The van der Waals surface area contributed by atoms with E-state index < -0.39 is 21.9 Å². The zero-order valence-electron chi connectivity index (χ0n) is 17.1. The predicted molar refractivity (Wildman–Crippen MR) is 116 cm³/mol. The van der Waals surface area contributed by atoms with Gasteiger partial charge in [-0.3, -0.25) is 4.79 Å². The van der Waals surface area contributed by atoms with Gasteiger partial charge in [-0.05, 0) is 37.6 Å². The number of aliphatic hydroxyl groups is 1. The Morgan fingerprint density at radius 1 is 1.26 bits per heavy atom. The van der Waals surface area contributed by atoms with Gasteiger partial charge in [0, 0.05) is 18.0 Å². The molecule has 31 heavy (non-hydrogen) atoms. The molecule has 0 aliphatic heterocycles. The Kier molecular flexibility index (Phi) is 8.29. The Morgan fingerprint density at radius 2 is 1.97 bits per heavy atom. The number of anilines is 1. The van der Waals surface area contributed by atoms with E-state index >= 15 is 0 Å². The number of carboxylic acid groups (broad SMARTS) is 1. The number of rotatable bonds is 10. The summed E-state index contributed by atoms with van der Waals surface area (Å²) in [6, 6.07) is 6.92. The minimum absolute atomic E-state index is 0.00295. The molecule has 0 aliphatic carbocycles. The number of thiophene rings is 1. The quantitative estimate of drug-likeness (QED) is 0.488. The van der Waals surface area contributed by atoms with E-state index in [-0.39, 0.29) is 46.3 Å². The number of sulfonamides is 1. The SMILES string of the molecule is CCCCN(CCO)S(=O)(=O)c1cc(C(=O)Nc2ccc(C#N)cc2C(=O)O)sc1C. The standard InChI is InChI=1S/C20H23N3O6S2/c1-3-4-7-23(8-9-24)31(28,29)18-11-17(30-13(18)2)19(25)22-16-6-5-14(12-21)10-15(16)20(26)27/h5-6,10-11,24H,3-4,7-9H2,1-2H3,(H,22,25)(H,26,27). The average molecular weight is 466 g/mol. The van der Waals surface area contributed by atoms with Crippen molar-refractivity contribution in [3.05, 3.63) is 45.1 Å². The Hall–Kier alpha value is -2.78. The van der Waals surface area contributed by atoms with Crippen LogP contribution in [0.3, 0.4) is 0 Å². The monoisotopic (exact) mass is 465 g/mol. The maximum Gasteiger partial charge on any atom is 0.337 e. The number of amides is 1.